The van der Waals surface area contributed by atoms with Crippen molar-refractivity contribution >= 4 is 27.5 Å². The molecule has 2 unspecified atom stereocenters. The standard InChI is InChI=1S/C22H26ClFN2O7S/c23-17-5-3-15(21(24)12-17)13-32-19-7-9-20(10-8-19)34(30,31)25-26(29)22(28)16-4-6-18(33-14-16)2-1-11-27/h3,5,7-10,12,16,18,25,27,29H,1-2,4,6,11,13-14H2. The van der Waals surface area contributed by atoms with Crippen LogP contribution in [-0.4, -0.2) is 49.1 Å². The fraction of sp³-hybridized carbons (Fsp3) is 0.409. The molecular formula is C22H26ClFN2O7S. The Bertz CT molecular complexity index is 1080. The second-order valence-corrected chi connectivity index (χ2v) is 9.93. The van der Waals surface area contributed by atoms with Crippen molar-refractivity contribution in [2.45, 2.75) is 43.3 Å². The maximum atomic E-state index is 13.8. The third-order valence-corrected chi connectivity index (χ3v) is 6.90. The van der Waals surface area contributed by atoms with Crippen molar-refractivity contribution in [1.82, 2.24) is 10.0 Å². The minimum atomic E-state index is -4.26. The molecule has 1 saturated heterocycles. The molecule has 1 fully saturated rings. The van der Waals surface area contributed by atoms with E-state index in [1.807, 2.05) is 4.83 Å². The molecule has 0 saturated carbocycles. The van der Waals surface area contributed by atoms with Crippen LogP contribution in [0.25, 0.3) is 0 Å². The lowest BCUT2D eigenvalue weighted by Gasteiger charge is -2.29. The third kappa shape index (κ3) is 7.11. The van der Waals surface area contributed by atoms with Gasteiger partial charge in [0.15, 0.2) is 0 Å². The second kappa shape index (κ2) is 11.9. The van der Waals surface area contributed by atoms with E-state index in [0.29, 0.717) is 31.4 Å². The van der Waals surface area contributed by atoms with Crippen LogP contribution < -0.4 is 9.57 Å². The zero-order valence-corrected chi connectivity index (χ0v) is 19.8. The SMILES string of the molecule is O=C(C1CCC(CCCO)OC1)N(O)NS(=O)(=O)c1ccc(OCc2ccc(Cl)cc2F)cc1. The van der Waals surface area contributed by atoms with E-state index in [1.54, 1.807) is 0 Å². The number of hydroxylamine groups is 1. The van der Waals surface area contributed by atoms with E-state index < -0.39 is 27.7 Å². The van der Waals surface area contributed by atoms with Crippen molar-refractivity contribution < 1.29 is 37.4 Å². The molecule has 12 heteroatoms. The van der Waals surface area contributed by atoms with Crippen LogP contribution in [0.2, 0.25) is 5.02 Å². The first-order valence-corrected chi connectivity index (χ1v) is 12.5. The van der Waals surface area contributed by atoms with Gasteiger partial charge >= 0.3 is 0 Å². The number of carbonyl (C=O) groups excluding carboxylic acids is 1. The summed E-state index contributed by atoms with van der Waals surface area (Å²) in [6.07, 6.45) is 2.18. The number of aliphatic hydroxyl groups excluding tert-OH is 1. The number of amides is 1. The molecule has 3 N–H and O–H groups in total. The first kappa shape index (κ1) is 26.3. The summed E-state index contributed by atoms with van der Waals surface area (Å²) in [4.78, 5) is 14.0. The maximum Gasteiger partial charge on any atom is 0.267 e. The van der Waals surface area contributed by atoms with Gasteiger partial charge in [-0.3, -0.25) is 10.0 Å². The second-order valence-electron chi connectivity index (χ2n) is 7.84. The van der Waals surface area contributed by atoms with Crippen molar-refractivity contribution in [3.05, 3.63) is 58.9 Å². The Hall–Kier alpha value is -2.28. The van der Waals surface area contributed by atoms with Gasteiger partial charge < -0.3 is 14.6 Å². The molecule has 1 aliphatic heterocycles. The number of hydrazine groups is 1. The molecule has 34 heavy (non-hydrogen) atoms. The Morgan fingerprint density at radius 1 is 1.24 bits per heavy atom. The largest absolute Gasteiger partial charge is 0.489 e. The summed E-state index contributed by atoms with van der Waals surface area (Å²) in [5.41, 5.74) is 0.281. The highest BCUT2D eigenvalue weighted by molar-refractivity contribution is 7.89. The molecule has 0 spiro atoms. The van der Waals surface area contributed by atoms with Crippen LogP contribution in [0, 0.1) is 11.7 Å². The number of nitrogens with zero attached hydrogens (tertiary/aromatic N) is 1. The van der Waals surface area contributed by atoms with E-state index in [9.17, 15) is 22.8 Å². The van der Waals surface area contributed by atoms with E-state index in [1.165, 1.54) is 42.5 Å². The van der Waals surface area contributed by atoms with Crippen LogP contribution in [-0.2, 0) is 26.2 Å². The predicted octanol–water partition coefficient (Wildman–Crippen LogP) is 3.04. The summed E-state index contributed by atoms with van der Waals surface area (Å²) in [5, 5.41) is 19.1. The minimum Gasteiger partial charge on any atom is -0.489 e. The van der Waals surface area contributed by atoms with Crippen LogP contribution in [0.3, 0.4) is 0 Å². The van der Waals surface area contributed by atoms with Crippen LogP contribution in [0.4, 0.5) is 4.39 Å². The Morgan fingerprint density at radius 3 is 2.59 bits per heavy atom. The summed E-state index contributed by atoms with van der Waals surface area (Å²) in [6.45, 7) is 0.0208. The van der Waals surface area contributed by atoms with Crippen LogP contribution >= 0.6 is 11.6 Å². The smallest absolute Gasteiger partial charge is 0.267 e. The monoisotopic (exact) mass is 516 g/mol. The Kier molecular flexibility index (Phi) is 9.23. The van der Waals surface area contributed by atoms with E-state index in [4.69, 9.17) is 26.2 Å². The van der Waals surface area contributed by atoms with Gasteiger partial charge in [-0.2, -0.15) is 0 Å². The normalized spacial score (nSPS) is 18.5. The molecule has 0 bridgehead atoms. The number of aliphatic hydroxyl groups is 1. The van der Waals surface area contributed by atoms with Crippen LogP contribution in [0.15, 0.2) is 47.4 Å². The first-order chi connectivity index (χ1) is 16.2. The van der Waals surface area contributed by atoms with Gasteiger partial charge in [-0.15, -0.1) is 5.17 Å². The van der Waals surface area contributed by atoms with E-state index >= 15 is 0 Å². The van der Waals surface area contributed by atoms with Crippen molar-refractivity contribution in [3.63, 3.8) is 0 Å². The summed E-state index contributed by atoms with van der Waals surface area (Å²) in [5.74, 6) is -1.75. The summed E-state index contributed by atoms with van der Waals surface area (Å²) >= 11 is 5.72. The number of nitrogens with one attached hydrogen (secondary N) is 1. The molecule has 186 valence electrons. The van der Waals surface area contributed by atoms with Gasteiger partial charge in [0, 0.05) is 17.2 Å². The Morgan fingerprint density at radius 2 is 1.97 bits per heavy atom. The third-order valence-electron chi connectivity index (χ3n) is 5.36. The van der Waals surface area contributed by atoms with Crippen LogP contribution in [0.5, 0.6) is 5.75 Å². The number of ether oxygens (including phenoxy) is 2. The molecular weight excluding hydrogens is 491 g/mol. The minimum absolute atomic E-state index is 0.0366. The van der Waals surface area contributed by atoms with Crippen LogP contribution in [0.1, 0.15) is 31.2 Å². The van der Waals surface area contributed by atoms with Gasteiger partial charge in [-0.05, 0) is 62.1 Å². The summed E-state index contributed by atoms with van der Waals surface area (Å²) in [6, 6.07) is 9.37. The van der Waals surface area contributed by atoms with Crippen molar-refractivity contribution in [2.24, 2.45) is 5.92 Å². The lowest BCUT2D eigenvalue weighted by Crippen LogP contribution is -2.48. The van der Waals surface area contributed by atoms with Gasteiger partial charge in [0.05, 0.1) is 23.5 Å². The average Bonchev–Trinajstić information content (AvgIpc) is 2.82. The molecule has 2 aromatic carbocycles. The fourth-order valence-corrected chi connectivity index (χ4v) is 4.52. The molecule has 0 radical (unpaired) electrons. The van der Waals surface area contributed by atoms with Gasteiger partial charge in [0.2, 0.25) is 0 Å². The number of carbonyl (C=O) groups is 1. The highest BCUT2D eigenvalue weighted by Crippen LogP contribution is 2.24. The van der Waals surface area contributed by atoms with Gasteiger partial charge in [0.1, 0.15) is 18.2 Å². The lowest BCUT2D eigenvalue weighted by molar-refractivity contribution is -0.182. The van der Waals surface area contributed by atoms with Crippen molar-refractivity contribution in [1.29, 1.82) is 0 Å². The quantitative estimate of drug-likeness (QED) is 0.327. The summed E-state index contributed by atoms with van der Waals surface area (Å²) in [7, 11) is -4.26. The fourth-order valence-electron chi connectivity index (χ4n) is 3.45. The van der Waals surface area contributed by atoms with E-state index in [0.717, 1.165) is 0 Å². The zero-order valence-electron chi connectivity index (χ0n) is 18.2. The molecule has 2 aromatic rings. The molecule has 1 heterocycles. The number of hydrogen-bond donors (Lipinski definition) is 3. The Balaban J connectivity index is 1.53. The number of halogens is 2. The van der Waals surface area contributed by atoms with E-state index in [-0.39, 0.29) is 46.6 Å². The molecule has 1 aliphatic rings. The molecule has 1 amide bonds. The van der Waals surface area contributed by atoms with E-state index in [2.05, 4.69) is 0 Å². The number of hydrogen-bond acceptors (Lipinski definition) is 7. The molecule has 0 aromatic heterocycles. The summed E-state index contributed by atoms with van der Waals surface area (Å²) < 4.78 is 50.0. The number of benzene rings is 2. The van der Waals surface area contributed by atoms with Gasteiger partial charge in [0.25, 0.3) is 15.9 Å². The highest BCUT2D eigenvalue weighted by atomic mass is 35.5. The lowest BCUT2D eigenvalue weighted by atomic mass is 9.96. The topological polar surface area (TPSA) is 125 Å². The maximum absolute atomic E-state index is 13.8. The predicted molar refractivity (Wildman–Crippen MR) is 120 cm³/mol. The molecule has 2 atom stereocenters. The number of rotatable bonds is 10. The average molecular weight is 517 g/mol. The van der Waals surface area contributed by atoms with Crippen molar-refractivity contribution in [3.8, 4) is 5.75 Å². The van der Waals surface area contributed by atoms with Crippen molar-refractivity contribution in [2.75, 3.05) is 13.2 Å². The molecule has 3 rings (SSSR count). The zero-order chi connectivity index (χ0) is 24.7. The molecule has 9 nitrogen and oxygen atoms in total. The van der Waals surface area contributed by atoms with Gasteiger partial charge in [-0.1, -0.05) is 22.5 Å². The number of sulfonamides is 1. The molecule has 0 aliphatic carbocycles. The Labute approximate surface area is 202 Å². The highest BCUT2D eigenvalue weighted by Gasteiger charge is 2.31. The first-order valence-electron chi connectivity index (χ1n) is 10.6. The van der Waals surface area contributed by atoms with Gasteiger partial charge in [-0.25, -0.2) is 12.8 Å².